The third-order valence-electron chi connectivity index (χ3n) is 7.08. The standard InChI is InChI=1S/C36H23BrN6/c37-33-20-31(30-4-2-16-40-23-30)19-32(21-33)36-42-34(27-9-5-24(6-10-27)26-13-17-38-18-14-26)41-35(43-36)28-11-7-25(8-12-28)29-3-1-15-39-22-29/h1-23H. The van der Waals surface area contributed by atoms with Crippen LogP contribution in [0.1, 0.15) is 0 Å². The van der Waals surface area contributed by atoms with E-state index in [1.54, 1.807) is 24.8 Å². The summed E-state index contributed by atoms with van der Waals surface area (Å²) < 4.78 is 0.926. The van der Waals surface area contributed by atoms with Crippen LogP contribution in [0.25, 0.3) is 67.5 Å². The summed E-state index contributed by atoms with van der Waals surface area (Å²) in [6.45, 7) is 0. The van der Waals surface area contributed by atoms with E-state index >= 15 is 0 Å². The molecule has 7 aromatic rings. The molecule has 7 heteroatoms. The van der Waals surface area contributed by atoms with Crippen molar-refractivity contribution in [1.82, 2.24) is 29.9 Å². The van der Waals surface area contributed by atoms with Gasteiger partial charge in [-0.25, -0.2) is 15.0 Å². The molecule has 6 nitrogen and oxygen atoms in total. The fourth-order valence-corrected chi connectivity index (χ4v) is 5.38. The van der Waals surface area contributed by atoms with Crippen LogP contribution in [0.15, 0.2) is 145 Å². The molecule has 0 spiro atoms. The molecular formula is C36H23BrN6. The number of aromatic nitrogens is 6. The molecule has 0 aliphatic heterocycles. The Balaban J connectivity index is 1.34. The van der Waals surface area contributed by atoms with Crippen LogP contribution in [0.3, 0.4) is 0 Å². The smallest absolute Gasteiger partial charge is 0.164 e. The van der Waals surface area contributed by atoms with Crippen molar-refractivity contribution in [2.24, 2.45) is 0 Å². The summed E-state index contributed by atoms with van der Waals surface area (Å²) in [7, 11) is 0. The zero-order valence-electron chi connectivity index (χ0n) is 22.8. The lowest BCUT2D eigenvalue weighted by Gasteiger charge is -2.11. The van der Waals surface area contributed by atoms with E-state index in [4.69, 9.17) is 15.0 Å². The topological polar surface area (TPSA) is 77.3 Å². The molecule has 0 radical (unpaired) electrons. The molecule has 0 aliphatic carbocycles. The third-order valence-corrected chi connectivity index (χ3v) is 7.54. The van der Waals surface area contributed by atoms with Crippen LogP contribution in [0.5, 0.6) is 0 Å². The van der Waals surface area contributed by atoms with E-state index in [0.29, 0.717) is 17.5 Å². The Morgan fingerprint density at radius 2 is 0.791 bits per heavy atom. The fraction of sp³-hybridized carbons (Fsp3) is 0. The number of pyridine rings is 3. The molecule has 0 fully saturated rings. The molecule has 0 unspecified atom stereocenters. The van der Waals surface area contributed by atoms with Gasteiger partial charge in [-0.2, -0.15) is 0 Å². The summed E-state index contributed by atoms with van der Waals surface area (Å²) in [4.78, 5) is 27.5. The molecule has 0 atom stereocenters. The van der Waals surface area contributed by atoms with Gasteiger partial charge in [-0.05, 0) is 70.3 Å². The van der Waals surface area contributed by atoms with E-state index in [1.807, 2.05) is 79.1 Å². The predicted molar refractivity (Wildman–Crippen MR) is 174 cm³/mol. The third kappa shape index (κ3) is 5.84. The highest BCUT2D eigenvalue weighted by molar-refractivity contribution is 9.10. The molecule has 7 rings (SSSR count). The Morgan fingerprint density at radius 1 is 0.349 bits per heavy atom. The summed E-state index contributed by atoms with van der Waals surface area (Å²) >= 11 is 3.69. The Morgan fingerprint density at radius 3 is 1.33 bits per heavy atom. The minimum absolute atomic E-state index is 0.584. The predicted octanol–water partition coefficient (Wildman–Crippen LogP) is 8.82. The van der Waals surface area contributed by atoms with Gasteiger partial charge >= 0.3 is 0 Å². The first kappa shape index (κ1) is 26.5. The van der Waals surface area contributed by atoms with E-state index < -0.39 is 0 Å². The van der Waals surface area contributed by atoms with Crippen molar-refractivity contribution in [2.45, 2.75) is 0 Å². The molecule has 4 aromatic heterocycles. The first-order valence-corrected chi connectivity index (χ1v) is 14.5. The molecule has 0 saturated heterocycles. The number of rotatable bonds is 6. The average molecular weight is 620 g/mol. The molecule has 0 N–H and O–H groups in total. The van der Waals surface area contributed by atoms with Gasteiger partial charge < -0.3 is 0 Å². The molecule has 43 heavy (non-hydrogen) atoms. The molecule has 0 amide bonds. The normalized spacial score (nSPS) is 10.9. The molecular weight excluding hydrogens is 596 g/mol. The van der Waals surface area contributed by atoms with E-state index in [2.05, 4.69) is 67.3 Å². The highest BCUT2D eigenvalue weighted by atomic mass is 79.9. The second-order valence-electron chi connectivity index (χ2n) is 9.91. The van der Waals surface area contributed by atoms with Crippen molar-refractivity contribution < 1.29 is 0 Å². The molecule has 204 valence electrons. The molecule has 4 heterocycles. The summed E-state index contributed by atoms with van der Waals surface area (Å²) in [5.41, 5.74) is 9.03. The van der Waals surface area contributed by atoms with Crippen molar-refractivity contribution in [1.29, 1.82) is 0 Å². The first-order chi connectivity index (χ1) is 21.2. The van der Waals surface area contributed by atoms with Gasteiger partial charge in [-0.1, -0.05) is 76.6 Å². The maximum absolute atomic E-state index is 4.97. The lowest BCUT2D eigenvalue weighted by atomic mass is 10.0. The average Bonchev–Trinajstić information content (AvgIpc) is 3.09. The van der Waals surface area contributed by atoms with E-state index in [9.17, 15) is 0 Å². The van der Waals surface area contributed by atoms with Gasteiger partial charge in [0.15, 0.2) is 17.5 Å². The zero-order chi connectivity index (χ0) is 29.0. The number of nitrogens with zero attached hydrogens (tertiary/aromatic N) is 6. The lowest BCUT2D eigenvalue weighted by molar-refractivity contribution is 1.07. The highest BCUT2D eigenvalue weighted by Gasteiger charge is 2.14. The van der Waals surface area contributed by atoms with Gasteiger partial charge in [-0.15, -0.1) is 0 Å². The number of hydrogen-bond donors (Lipinski definition) is 0. The highest BCUT2D eigenvalue weighted by Crippen LogP contribution is 2.32. The van der Waals surface area contributed by atoms with Crippen molar-refractivity contribution in [2.75, 3.05) is 0 Å². The summed E-state index contributed by atoms with van der Waals surface area (Å²) in [5.74, 6) is 1.78. The molecule has 0 aliphatic rings. The van der Waals surface area contributed by atoms with Crippen molar-refractivity contribution in [3.8, 4) is 67.5 Å². The summed E-state index contributed by atoms with van der Waals surface area (Å²) in [5, 5.41) is 0. The zero-order valence-corrected chi connectivity index (χ0v) is 24.4. The van der Waals surface area contributed by atoms with Crippen LogP contribution < -0.4 is 0 Å². The molecule has 0 saturated carbocycles. The molecule has 3 aromatic carbocycles. The lowest BCUT2D eigenvalue weighted by Crippen LogP contribution is -2.00. The van der Waals surface area contributed by atoms with Crippen molar-refractivity contribution >= 4 is 15.9 Å². The van der Waals surface area contributed by atoms with Crippen LogP contribution in [-0.4, -0.2) is 29.9 Å². The van der Waals surface area contributed by atoms with Gasteiger partial charge in [0, 0.05) is 63.9 Å². The SMILES string of the molecule is Brc1cc(-c2cccnc2)cc(-c2nc(-c3ccc(-c4ccncc4)cc3)nc(-c3ccc(-c4cccnc4)cc3)n2)c1. The van der Waals surface area contributed by atoms with Crippen LogP contribution in [-0.2, 0) is 0 Å². The van der Waals surface area contributed by atoms with Gasteiger partial charge in [-0.3, -0.25) is 15.0 Å². The number of halogens is 1. The van der Waals surface area contributed by atoms with E-state index in [0.717, 1.165) is 54.5 Å². The van der Waals surface area contributed by atoms with E-state index in [-0.39, 0.29) is 0 Å². The van der Waals surface area contributed by atoms with Crippen molar-refractivity contribution in [3.63, 3.8) is 0 Å². The van der Waals surface area contributed by atoms with Crippen LogP contribution in [0.2, 0.25) is 0 Å². The van der Waals surface area contributed by atoms with Crippen molar-refractivity contribution in [3.05, 3.63) is 145 Å². The Bertz CT molecular complexity index is 1900. The second kappa shape index (κ2) is 11.8. The maximum Gasteiger partial charge on any atom is 0.164 e. The monoisotopic (exact) mass is 618 g/mol. The minimum Gasteiger partial charge on any atom is -0.265 e. The quantitative estimate of drug-likeness (QED) is 0.185. The maximum atomic E-state index is 4.97. The fourth-order valence-electron chi connectivity index (χ4n) is 4.88. The van der Waals surface area contributed by atoms with Crippen LogP contribution in [0, 0.1) is 0 Å². The van der Waals surface area contributed by atoms with Crippen LogP contribution >= 0.6 is 15.9 Å². The van der Waals surface area contributed by atoms with Gasteiger partial charge in [0.05, 0.1) is 0 Å². The second-order valence-corrected chi connectivity index (χ2v) is 10.8. The Kier molecular flexibility index (Phi) is 7.29. The molecule has 0 bridgehead atoms. The van der Waals surface area contributed by atoms with Crippen LogP contribution in [0.4, 0.5) is 0 Å². The number of benzene rings is 3. The first-order valence-electron chi connectivity index (χ1n) is 13.7. The summed E-state index contributed by atoms with van der Waals surface area (Å²) in [6.07, 6.45) is 10.8. The van der Waals surface area contributed by atoms with E-state index in [1.165, 1.54) is 0 Å². The van der Waals surface area contributed by atoms with Gasteiger partial charge in [0.2, 0.25) is 0 Å². The Hall–Kier alpha value is -5.40. The van der Waals surface area contributed by atoms with Gasteiger partial charge in [0.25, 0.3) is 0 Å². The van der Waals surface area contributed by atoms with Gasteiger partial charge in [0.1, 0.15) is 0 Å². The Labute approximate surface area is 257 Å². The minimum atomic E-state index is 0.584. The largest absolute Gasteiger partial charge is 0.265 e. The number of hydrogen-bond acceptors (Lipinski definition) is 6. The summed E-state index contributed by atoms with van der Waals surface area (Å²) in [6, 6.07) is 34.6.